The fraction of sp³-hybridized carbons (Fsp3) is 0.357. The second-order valence-corrected chi connectivity index (χ2v) is 3.92. The second kappa shape index (κ2) is 6.55. The van der Waals surface area contributed by atoms with E-state index in [2.05, 4.69) is 0 Å². The second-order valence-electron chi connectivity index (χ2n) is 3.92. The van der Waals surface area contributed by atoms with E-state index in [-0.39, 0.29) is 18.6 Å². The molecular formula is C14H15NO3. The van der Waals surface area contributed by atoms with Gasteiger partial charge in [-0.2, -0.15) is 5.26 Å². The van der Waals surface area contributed by atoms with Crippen molar-refractivity contribution in [2.24, 2.45) is 0 Å². The molecule has 4 heteroatoms. The van der Waals surface area contributed by atoms with Crippen LogP contribution in [0.3, 0.4) is 0 Å². The Balaban J connectivity index is 3.08. The molecule has 1 aromatic rings. The molecule has 0 radical (unpaired) electrons. The molecule has 0 aliphatic rings. The summed E-state index contributed by atoms with van der Waals surface area (Å²) in [6.07, 6.45) is 0.454. The Morgan fingerprint density at radius 1 is 1.33 bits per heavy atom. The van der Waals surface area contributed by atoms with Gasteiger partial charge in [0.1, 0.15) is 5.78 Å². The van der Waals surface area contributed by atoms with E-state index < -0.39 is 5.97 Å². The molecule has 0 heterocycles. The van der Waals surface area contributed by atoms with Crippen LogP contribution in [0.2, 0.25) is 0 Å². The third-order valence-corrected chi connectivity index (χ3v) is 2.43. The minimum absolute atomic E-state index is 0.00445. The molecule has 0 aromatic heterocycles. The van der Waals surface area contributed by atoms with Crippen LogP contribution in [0.4, 0.5) is 0 Å². The minimum Gasteiger partial charge on any atom is -0.462 e. The summed E-state index contributed by atoms with van der Waals surface area (Å²) in [4.78, 5) is 22.8. The van der Waals surface area contributed by atoms with Crippen molar-refractivity contribution < 1.29 is 14.3 Å². The number of carbonyl (C=O) groups excluding carboxylic acids is 2. The molecule has 0 aliphatic carbocycles. The average molecular weight is 245 g/mol. The third kappa shape index (κ3) is 3.70. The molecule has 0 saturated carbocycles. The first kappa shape index (κ1) is 13.9. The van der Waals surface area contributed by atoms with Crippen molar-refractivity contribution in [2.45, 2.75) is 26.7 Å². The summed E-state index contributed by atoms with van der Waals surface area (Å²) < 4.78 is 4.90. The highest BCUT2D eigenvalue weighted by Crippen LogP contribution is 2.15. The Labute approximate surface area is 106 Å². The zero-order valence-electron chi connectivity index (χ0n) is 10.5. The van der Waals surface area contributed by atoms with Crippen LogP contribution in [0.5, 0.6) is 0 Å². The lowest BCUT2D eigenvalue weighted by atomic mass is 9.98. The van der Waals surface area contributed by atoms with E-state index in [1.54, 1.807) is 25.1 Å². The van der Waals surface area contributed by atoms with Crippen molar-refractivity contribution >= 4 is 11.8 Å². The van der Waals surface area contributed by atoms with E-state index in [1.807, 2.05) is 6.07 Å². The predicted octanol–water partition coefficient (Wildman–Crippen LogP) is 2.06. The molecule has 0 fully saturated rings. The molecular weight excluding hydrogens is 230 g/mol. The maximum atomic E-state index is 11.6. The molecule has 0 N–H and O–H groups in total. The summed E-state index contributed by atoms with van der Waals surface area (Å²) in [5, 5.41) is 8.71. The normalized spacial score (nSPS) is 9.61. The number of nitriles is 1. The molecule has 0 aliphatic heterocycles. The van der Waals surface area contributed by atoms with Gasteiger partial charge in [0.25, 0.3) is 0 Å². The van der Waals surface area contributed by atoms with Crippen LogP contribution >= 0.6 is 0 Å². The predicted molar refractivity (Wildman–Crippen MR) is 66.1 cm³/mol. The van der Waals surface area contributed by atoms with Gasteiger partial charge in [-0.05, 0) is 37.1 Å². The number of nitrogens with zero attached hydrogens (tertiary/aromatic N) is 1. The number of benzene rings is 1. The fourth-order valence-corrected chi connectivity index (χ4v) is 1.66. The van der Waals surface area contributed by atoms with Gasteiger partial charge in [-0.15, -0.1) is 0 Å². The van der Waals surface area contributed by atoms with Crippen LogP contribution in [-0.2, 0) is 22.4 Å². The van der Waals surface area contributed by atoms with Crippen molar-refractivity contribution in [1.82, 2.24) is 0 Å². The number of ketones is 1. The van der Waals surface area contributed by atoms with E-state index >= 15 is 0 Å². The smallest absolute Gasteiger partial charge is 0.338 e. The van der Waals surface area contributed by atoms with Gasteiger partial charge in [0, 0.05) is 6.42 Å². The van der Waals surface area contributed by atoms with Gasteiger partial charge in [-0.1, -0.05) is 6.07 Å². The summed E-state index contributed by atoms with van der Waals surface area (Å²) in [6.45, 7) is 3.52. The Bertz CT molecular complexity index is 500. The molecule has 0 saturated heterocycles. The summed E-state index contributed by atoms with van der Waals surface area (Å²) in [7, 11) is 0. The Morgan fingerprint density at radius 3 is 2.61 bits per heavy atom. The molecule has 4 nitrogen and oxygen atoms in total. The Morgan fingerprint density at radius 2 is 2.06 bits per heavy atom. The number of carbonyl (C=O) groups is 2. The molecule has 1 rings (SSSR count). The zero-order chi connectivity index (χ0) is 13.5. The van der Waals surface area contributed by atoms with Crippen LogP contribution in [0.1, 0.15) is 35.3 Å². The standard InChI is InChI=1S/C14H15NO3/c1-3-18-14(17)12-5-4-11(6-7-15)13(9-12)8-10(2)16/h4-5,9H,3,6,8H2,1-2H3. The van der Waals surface area contributed by atoms with Gasteiger partial charge >= 0.3 is 5.97 Å². The van der Waals surface area contributed by atoms with Crippen LogP contribution < -0.4 is 0 Å². The van der Waals surface area contributed by atoms with Crippen LogP contribution in [0.25, 0.3) is 0 Å². The first-order chi connectivity index (χ1) is 8.58. The largest absolute Gasteiger partial charge is 0.462 e. The molecule has 0 spiro atoms. The number of hydrogen-bond donors (Lipinski definition) is 0. The molecule has 0 bridgehead atoms. The maximum Gasteiger partial charge on any atom is 0.338 e. The minimum atomic E-state index is -0.411. The quantitative estimate of drug-likeness (QED) is 0.745. The summed E-state index contributed by atoms with van der Waals surface area (Å²) in [5.41, 5.74) is 1.91. The van der Waals surface area contributed by atoms with E-state index in [9.17, 15) is 9.59 Å². The molecule has 0 atom stereocenters. The van der Waals surface area contributed by atoms with Crippen molar-refractivity contribution in [3.05, 3.63) is 34.9 Å². The van der Waals surface area contributed by atoms with Gasteiger partial charge in [0.05, 0.1) is 24.7 Å². The summed E-state index contributed by atoms with van der Waals surface area (Å²) in [6, 6.07) is 7.00. The van der Waals surface area contributed by atoms with Crippen molar-refractivity contribution in [3.63, 3.8) is 0 Å². The summed E-state index contributed by atoms with van der Waals surface area (Å²) in [5.74, 6) is -0.416. The van der Waals surface area contributed by atoms with Crippen molar-refractivity contribution in [1.29, 1.82) is 5.26 Å². The highest BCUT2D eigenvalue weighted by atomic mass is 16.5. The van der Waals surface area contributed by atoms with Crippen molar-refractivity contribution in [2.75, 3.05) is 6.61 Å². The van der Waals surface area contributed by atoms with Gasteiger partial charge in [-0.3, -0.25) is 4.79 Å². The lowest BCUT2D eigenvalue weighted by Crippen LogP contribution is -2.08. The van der Waals surface area contributed by atoms with E-state index in [4.69, 9.17) is 10.00 Å². The van der Waals surface area contributed by atoms with Crippen molar-refractivity contribution in [3.8, 4) is 6.07 Å². The summed E-state index contributed by atoms with van der Waals surface area (Å²) >= 11 is 0. The van der Waals surface area contributed by atoms with E-state index in [1.165, 1.54) is 6.92 Å². The monoisotopic (exact) mass is 245 g/mol. The van der Waals surface area contributed by atoms with E-state index in [0.29, 0.717) is 12.2 Å². The highest BCUT2D eigenvalue weighted by Gasteiger charge is 2.11. The topological polar surface area (TPSA) is 67.2 Å². The maximum absolute atomic E-state index is 11.6. The first-order valence-corrected chi connectivity index (χ1v) is 5.73. The number of rotatable bonds is 5. The number of ether oxygens (including phenoxy) is 1. The Hall–Kier alpha value is -2.15. The van der Waals surface area contributed by atoms with Gasteiger partial charge in [-0.25, -0.2) is 4.79 Å². The molecule has 18 heavy (non-hydrogen) atoms. The Kier molecular flexibility index (Phi) is 5.06. The van der Waals surface area contributed by atoms with Gasteiger partial charge in [0.2, 0.25) is 0 Å². The van der Waals surface area contributed by atoms with Crippen LogP contribution in [0.15, 0.2) is 18.2 Å². The average Bonchev–Trinajstić information content (AvgIpc) is 2.31. The zero-order valence-corrected chi connectivity index (χ0v) is 10.5. The molecule has 0 amide bonds. The number of esters is 1. The molecule has 1 aromatic carbocycles. The van der Waals surface area contributed by atoms with Gasteiger partial charge in [0.15, 0.2) is 0 Å². The lowest BCUT2D eigenvalue weighted by Gasteiger charge is -2.08. The van der Waals surface area contributed by atoms with Crippen LogP contribution in [-0.4, -0.2) is 18.4 Å². The lowest BCUT2D eigenvalue weighted by molar-refractivity contribution is -0.116. The molecule has 0 unspecified atom stereocenters. The first-order valence-electron chi connectivity index (χ1n) is 5.73. The number of hydrogen-bond acceptors (Lipinski definition) is 4. The fourth-order valence-electron chi connectivity index (χ4n) is 1.66. The third-order valence-electron chi connectivity index (χ3n) is 2.43. The van der Waals surface area contributed by atoms with Crippen LogP contribution in [0, 0.1) is 11.3 Å². The highest BCUT2D eigenvalue weighted by molar-refractivity contribution is 5.90. The van der Waals surface area contributed by atoms with E-state index in [0.717, 1.165) is 11.1 Å². The van der Waals surface area contributed by atoms with Gasteiger partial charge < -0.3 is 4.74 Å². The molecule has 94 valence electrons. The number of Topliss-reactive ketones (excluding diaryl/α,β-unsaturated/α-hetero) is 1. The SMILES string of the molecule is CCOC(=O)c1ccc(CC#N)c(CC(C)=O)c1.